The summed E-state index contributed by atoms with van der Waals surface area (Å²) < 4.78 is 5.40. The molecule has 33 heavy (non-hydrogen) atoms. The van der Waals surface area contributed by atoms with Gasteiger partial charge in [0.2, 0.25) is 0 Å². The van der Waals surface area contributed by atoms with Crippen LogP contribution in [-0.4, -0.2) is 33.9 Å². The van der Waals surface area contributed by atoms with Crippen molar-refractivity contribution in [1.82, 2.24) is 5.01 Å². The molecule has 1 aliphatic heterocycles. The second kappa shape index (κ2) is 7.93. The van der Waals surface area contributed by atoms with Crippen molar-refractivity contribution in [3.05, 3.63) is 80.9 Å². The minimum Gasteiger partial charge on any atom is -0.422 e. The Morgan fingerprint density at radius 2 is 1.73 bits per heavy atom. The molecule has 2 fully saturated rings. The third kappa shape index (κ3) is 3.60. The number of benzene rings is 2. The van der Waals surface area contributed by atoms with E-state index in [0.29, 0.717) is 5.02 Å². The molecule has 0 N–H and O–H groups in total. The number of imide groups is 1. The molecule has 2 amide bonds. The Hall–Kier alpha value is -3.85. The summed E-state index contributed by atoms with van der Waals surface area (Å²) in [7, 11) is 0. The van der Waals surface area contributed by atoms with Gasteiger partial charge in [0.25, 0.3) is 17.5 Å². The molecule has 0 spiro atoms. The lowest BCUT2D eigenvalue weighted by Crippen LogP contribution is -2.28. The van der Waals surface area contributed by atoms with Crippen LogP contribution in [-0.2, 0) is 9.59 Å². The Balaban J connectivity index is 1.42. The smallest absolute Gasteiger partial charge is 0.343 e. The Labute approximate surface area is 192 Å². The maximum atomic E-state index is 12.8. The molecule has 0 aromatic heterocycles. The maximum absolute atomic E-state index is 12.8. The minimum atomic E-state index is -0.708. The van der Waals surface area contributed by atoms with Crippen LogP contribution in [0.25, 0.3) is 0 Å². The van der Waals surface area contributed by atoms with Crippen LogP contribution in [0.4, 0.5) is 5.69 Å². The number of hydrogen-bond acceptors (Lipinski definition) is 7. The van der Waals surface area contributed by atoms with E-state index in [1.165, 1.54) is 36.4 Å². The van der Waals surface area contributed by atoms with Crippen LogP contribution >= 0.6 is 11.6 Å². The second-order valence-electron chi connectivity index (χ2n) is 8.11. The molecule has 2 aromatic carbocycles. The molecule has 4 atom stereocenters. The highest BCUT2D eigenvalue weighted by Crippen LogP contribution is 2.52. The molecule has 2 bridgehead atoms. The monoisotopic (exact) mass is 465 g/mol. The van der Waals surface area contributed by atoms with Gasteiger partial charge in [-0.25, -0.2) is 4.79 Å². The average Bonchev–Trinajstić information content (AvgIpc) is 3.47. The van der Waals surface area contributed by atoms with Crippen molar-refractivity contribution >= 4 is 41.3 Å². The molecule has 10 heteroatoms. The largest absolute Gasteiger partial charge is 0.422 e. The van der Waals surface area contributed by atoms with Crippen LogP contribution in [0.5, 0.6) is 5.75 Å². The van der Waals surface area contributed by atoms with Gasteiger partial charge in [-0.15, -0.1) is 0 Å². The molecule has 2 aliphatic carbocycles. The number of hydrogen-bond donors (Lipinski definition) is 0. The lowest BCUT2D eigenvalue weighted by atomic mass is 9.85. The molecule has 1 heterocycles. The number of carbonyl (C=O) groups excluding carboxylic acids is 3. The zero-order chi connectivity index (χ0) is 23.3. The van der Waals surface area contributed by atoms with Crippen molar-refractivity contribution in [1.29, 1.82) is 0 Å². The number of nitrogens with zero attached hydrogens (tertiary/aromatic N) is 3. The zero-order valence-electron chi connectivity index (χ0n) is 17.0. The summed E-state index contributed by atoms with van der Waals surface area (Å²) in [6.07, 6.45) is 5.86. The first-order valence-corrected chi connectivity index (χ1v) is 10.6. The third-order valence-corrected chi connectivity index (χ3v) is 6.50. The van der Waals surface area contributed by atoms with E-state index in [1.54, 1.807) is 0 Å². The number of nitro groups is 1. The molecule has 1 saturated carbocycles. The SMILES string of the molecule is O=C(Oc1ccc([N+](=O)[O-])cc1C=NN1C(=O)[C@@H]2[C@H](C1=O)[C@H]1C=C[C@H]2C1)c1ccc(Cl)cc1. The highest BCUT2D eigenvalue weighted by molar-refractivity contribution is 6.30. The van der Waals surface area contributed by atoms with Crippen LogP contribution in [0.3, 0.4) is 0 Å². The Morgan fingerprint density at radius 1 is 1.09 bits per heavy atom. The van der Waals surface area contributed by atoms with E-state index in [4.69, 9.17) is 16.3 Å². The van der Waals surface area contributed by atoms with Crippen LogP contribution in [0, 0.1) is 33.8 Å². The zero-order valence-corrected chi connectivity index (χ0v) is 17.7. The molecule has 0 unspecified atom stereocenters. The number of halogens is 1. The quantitative estimate of drug-likeness (QED) is 0.126. The van der Waals surface area contributed by atoms with Gasteiger partial charge >= 0.3 is 5.97 Å². The van der Waals surface area contributed by atoms with E-state index in [0.717, 1.165) is 23.7 Å². The van der Waals surface area contributed by atoms with Crippen LogP contribution in [0.1, 0.15) is 22.3 Å². The molecule has 5 rings (SSSR count). The fourth-order valence-electron chi connectivity index (χ4n) is 4.71. The van der Waals surface area contributed by atoms with Gasteiger partial charge in [0, 0.05) is 22.7 Å². The Morgan fingerprint density at radius 3 is 2.33 bits per heavy atom. The number of carbonyl (C=O) groups is 3. The summed E-state index contributed by atoms with van der Waals surface area (Å²) in [5, 5.41) is 16.5. The van der Waals surface area contributed by atoms with Crippen molar-refractivity contribution < 1.29 is 24.0 Å². The summed E-state index contributed by atoms with van der Waals surface area (Å²) >= 11 is 5.84. The molecule has 9 nitrogen and oxygen atoms in total. The molecular formula is C23H16ClN3O6. The van der Waals surface area contributed by atoms with Gasteiger partial charge in [-0.3, -0.25) is 19.7 Å². The summed E-state index contributed by atoms with van der Waals surface area (Å²) in [6, 6.07) is 9.62. The highest BCUT2D eigenvalue weighted by atomic mass is 35.5. The van der Waals surface area contributed by atoms with Gasteiger partial charge < -0.3 is 4.74 Å². The summed E-state index contributed by atoms with van der Waals surface area (Å²) in [4.78, 5) is 48.7. The van der Waals surface area contributed by atoms with Crippen molar-refractivity contribution in [2.24, 2.45) is 28.8 Å². The summed E-state index contributed by atoms with van der Waals surface area (Å²) in [6.45, 7) is 0. The molecule has 2 aromatic rings. The first kappa shape index (κ1) is 21.0. The normalized spacial score (nSPS) is 25.2. The van der Waals surface area contributed by atoms with E-state index < -0.39 is 22.7 Å². The predicted octanol–water partition coefficient (Wildman–Crippen LogP) is 3.61. The van der Waals surface area contributed by atoms with Crippen molar-refractivity contribution in [3.8, 4) is 5.75 Å². The number of hydrazone groups is 1. The number of amides is 2. The van der Waals surface area contributed by atoms with Gasteiger partial charge in [-0.1, -0.05) is 23.8 Å². The minimum absolute atomic E-state index is 0.00896. The van der Waals surface area contributed by atoms with Gasteiger partial charge in [0.1, 0.15) is 5.75 Å². The summed E-state index contributed by atoms with van der Waals surface area (Å²) in [5.74, 6) is -2.26. The van der Waals surface area contributed by atoms with Crippen LogP contribution < -0.4 is 4.74 Å². The topological polar surface area (TPSA) is 119 Å². The Bertz CT molecular complexity index is 1230. The van der Waals surface area contributed by atoms with Gasteiger partial charge in [-0.05, 0) is 48.6 Å². The lowest BCUT2D eigenvalue weighted by molar-refractivity contribution is -0.384. The fraction of sp³-hybridized carbons (Fsp3) is 0.217. The van der Waals surface area contributed by atoms with Crippen molar-refractivity contribution in [2.75, 3.05) is 0 Å². The van der Waals surface area contributed by atoms with Crippen LogP contribution in [0.15, 0.2) is 59.7 Å². The fourth-order valence-corrected chi connectivity index (χ4v) is 4.83. The van der Waals surface area contributed by atoms with Gasteiger partial charge in [0.05, 0.1) is 28.5 Å². The van der Waals surface area contributed by atoms with E-state index in [-0.39, 0.29) is 46.2 Å². The third-order valence-electron chi connectivity index (χ3n) is 6.25. The van der Waals surface area contributed by atoms with E-state index >= 15 is 0 Å². The number of fused-ring (bicyclic) bond motifs is 5. The van der Waals surface area contributed by atoms with Crippen molar-refractivity contribution in [2.45, 2.75) is 6.42 Å². The van der Waals surface area contributed by atoms with Crippen LogP contribution in [0.2, 0.25) is 5.02 Å². The van der Waals surface area contributed by atoms with Gasteiger partial charge in [0.15, 0.2) is 0 Å². The highest BCUT2D eigenvalue weighted by Gasteiger charge is 2.59. The number of non-ortho nitro benzene ring substituents is 1. The first-order chi connectivity index (χ1) is 15.8. The number of rotatable bonds is 5. The van der Waals surface area contributed by atoms with E-state index in [9.17, 15) is 24.5 Å². The Kier molecular flexibility index (Phi) is 5.05. The summed E-state index contributed by atoms with van der Waals surface area (Å²) in [5.41, 5.74) is 0.0348. The standard InChI is InChI=1S/C23H16ClN3O6/c24-16-5-3-12(4-6-16)23(30)33-18-8-7-17(27(31)32)10-15(18)11-25-26-21(28)19-13-1-2-14(9-13)20(19)22(26)29/h1-8,10-11,13-14,19-20H,9H2/t13-,14-,19-,20+/m0/s1. The maximum Gasteiger partial charge on any atom is 0.343 e. The first-order valence-electron chi connectivity index (χ1n) is 10.2. The number of allylic oxidation sites excluding steroid dienone is 2. The average molecular weight is 466 g/mol. The van der Waals surface area contributed by atoms with Gasteiger partial charge in [-0.2, -0.15) is 10.1 Å². The van der Waals surface area contributed by atoms with E-state index in [2.05, 4.69) is 5.10 Å². The number of nitro benzene ring substituents is 1. The molecular weight excluding hydrogens is 450 g/mol. The number of esters is 1. The molecule has 3 aliphatic rings. The lowest BCUT2D eigenvalue weighted by Gasteiger charge is -2.13. The molecule has 0 radical (unpaired) electrons. The second-order valence-corrected chi connectivity index (χ2v) is 8.54. The molecule has 1 saturated heterocycles. The number of ether oxygens (including phenoxy) is 1. The van der Waals surface area contributed by atoms with Crippen molar-refractivity contribution in [3.63, 3.8) is 0 Å². The predicted molar refractivity (Wildman–Crippen MR) is 117 cm³/mol. The van der Waals surface area contributed by atoms with E-state index in [1.807, 2.05) is 12.2 Å². The molecule has 166 valence electrons.